The van der Waals surface area contributed by atoms with Gasteiger partial charge in [-0.3, -0.25) is 4.79 Å². The molecule has 0 aliphatic heterocycles. The first-order valence-electron chi connectivity index (χ1n) is 8.30. The molecule has 0 aliphatic rings. The van der Waals surface area contributed by atoms with Crippen LogP contribution in [-0.2, 0) is 11.2 Å². The van der Waals surface area contributed by atoms with Crippen LogP contribution in [0.15, 0.2) is 60.7 Å². The van der Waals surface area contributed by atoms with Crippen molar-refractivity contribution in [2.24, 2.45) is 0 Å². The molecule has 1 amide bonds. The van der Waals surface area contributed by atoms with Gasteiger partial charge < -0.3 is 14.8 Å². The lowest BCUT2D eigenvalue weighted by molar-refractivity contribution is -0.115. The van der Waals surface area contributed by atoms with Crippen LogP contribution in [0.3, 0.4) is 0 Å². The van der Waals surface area contributed by atoms with Gasteiger partial charge in [0.05, 0.1) is 19.2 Å². The molecule has 0 saturated carbocycles. The topological polar surface area (TPSA) is 47.6 Å². The van der Waals surface area contributed by atoms with Gasteiger partial charge in [-0.2, -0.15) is 0 Å². The van der Waals surface area contributed by atoms with Gasteiger partial charge in [0.15, 0.2) is 5.75 Å². The van der Waals surface area contributed by atoms with Crippen LogP contribution in [0.5, 0.6) is 17.2 Å². The van der Waals surface area contributed by atoms with Crippen LogP contribution in [-0.4, -0.2) is 13.0 Å². The lowest BCUT2D eigenvalue weighted by atomic mass is 10.1. The number of benzene rings is 3. The molecule has 3 rings (SSSR count). The van der Waals surface area contributed by atoms with E-state index in [1.807, 2.05) is 0 Å². The summed E-state index contributed by atoms with van der Waals surface area (Å²) in [6, 6.07) is 16.1. The monoisotopic (exact) mass is 419 g/mol. The van der Waals surface area contributed by atoms with Crippen molar-refractivity contribution in [3.63, 3.8) is 0 Å². The van der Waals surface area contributed by atoms with Gasteiger partial charge in [0.1, 0.15) is 17.3 Å². The highest BCUT2D eigenvalue weighted by Crippen LogP contribution is 2.33. The van der Waals surface area contributed by atoms with Crippen LogP contribution in [0, 0.1) is 5.82 Å². The van der Waals surface area contributed by atoms with Gasteiger partial charge in [0.2, 0.25) is 5.91 Å². The van der Waals surface area contributed by atoms with Crippen molar-refractivity contribution in [2.75, 3.05) is 12.4 Å². The quantitative estimate of drug-likeness (QED) is 0.523. The van der Waals surface area contributed by atoms with E-state index in [1.54, 1.807) is 49.6 Å². The number of carbonyl (C=O) groups excluding carboxylic acids is 1. The minimum absolute atomic E-state index is 0.159. The number of ether oxygens (including phenoxy) is 2. The molecule has 3 aromatic carbocycles. The molecule has 0 spiro atoms. The maximum atomic E-state index is 13.9. The molecule has 1 N–H and O–H groups in total. The first kappa shape index (κ1) is 20.0. The normalized spacial score (nSPS) is 10.4. The third kappa shape index (κ3) is 5.15. The zero-order valence-electron chi connectivity index (χ0n) is 14.8. The number of rotatable bonds is 6. The van der Waals surface area contributed by atoms with Gasteiger partial charge in [0, 0.05) is 16.1 Å². The average molecular weight is 420 g/mol. The molecule has 0 atom stereocenters. The van der Waals surface area contributed by atoms with Crippen LogP contribution in [0.2, 0.25) is 10.0 Å². The van der Waals surface area contributed by atoms with Crippen LogP contribution in [0.25, 0.3) is 0 Å². The van der Waals surface area contributed by atoms with Crippen LogP contribution in [0.1, 0.15) is 5.56 Å². The predicted octanol–water partition coefficient (Wildman–Crippen LogP) is 6.11. The number of anilines is 1. The summed E-state index contributed by atoms with van der Waals surface area (Å²) < 4.78 is 25.0. The van der Waals surface area contributed by atoms with E-state index < -0.39 is 11.7 Å². The molecule has 3 aromatic rings. The molecular weight excluding hydrogens is 404 g/mol. The molecule has 0 bridgehead atoms. The zero-order valence-corrected chi connectivity index (χ0v) is 16.4. The van der Waals surface area contributed by atoms with E-state index in [0.717, 1.165) is 0 Å². The van der Waals surface area contributed by atoms with E-state index >= 15 is 0 Å². The molecule has 4 nitrogen and oxygen atoms in total. The molecule has 0 radical (unpaired) electrons. The summed E-state index contributed by atoms with van der Waals surface area (Å²) >= 11 is 11.8. The fourth-order valence-electron chi connectivity index (χ4n) is 2.51. The number of hydrogen-bond acceptors (Lipinski definition) is 3. The molecule has 0 aliphatic carbocycles. The highest BCUT2D eigenvalue weighted by atomic mass is 35.5. The number of hydrogen-bond donors (Lipinski definition) is 1. The van der Waals surface area contributed by atoms with Gasteiger partial charge in [-0.25, -0.2) is 4.39 Å². The predicted molar refractivity (Wildman–Crippen MR) is 108 cm³/mol. The number of halogens is 3. The number of amides is 1. The minimum atomic E-state index is -0.540. The Bertz CT molecular complexity index is 1010. The van der Waals surface area contributed by atoms with Crippen molar-refractivity contribution in [3.8, 4) is 17.2 Å². The molecular formula is C21H16Cl2FNO3. The summed E-state index contributed by atoms with van der Waals surface area (Å²) in [5, 5.41) is 3.40. The van der Waals surface area contributed by atoms with Crippen molar-refractivity contribution in [1.29, 1.82) is 0 Å². The summed E-state index contributed by atoms with van der Waals surface area (Å²) in [4.78, 5) is 12.4. The Hall–Kier alpha value is -2.76. The molecule has 28 heavy (non-hydrogen) atoms. The van der Waals surface area contributed by atoms with Crippen molar-refractivity contribution < 1.29 is 18.7 Å². The fraction of sp³-hybridized carbons (Fsp3) is 0.0952. The minimum Gasteiger partial charge on any atom is -0.497 e. The van der Waals surface area contributed by atoms with Crippen LogP contribution >= 0.6 is 23.2 Å². The fourth-order valence-corrected chi connectivity index (χ4v) is 2.84. The first-order chi connectivity index (χ1) is 13.4. The molecule has 0 saturated heterocycles. The standard InChI is InChI=1S/C21H16Cl2FNO3/c1-27-16-3-2-4-17(12-16)28-20-8-7-15(23)11-19(20)25-21(26)9-13-5-6-14(22)10-18(13)24/h2-8,10-12H,9H2,1H3,(H,25,26). The molecule has 0 fully saturated rings. The Morgan fingerprint density at radius 1 is 1.00 bits per heavy atom. The number of carbonyl (C=O) groups is 1. The van der Waals surface area contributed by atoms with Gasteiger partial charge >= 0.3 is 0 Å². The summed E-state index contributed by atoms with van der Waals surface area (Å²) in [7, 11) is 1.56. The van der Waals surface area contributed by atoms with E-state index in [1.165, 1.54) is 18.2 Å². The van der Waals surface area contributed by atoms with E-state index in [2.05, 4.69) is 5.32 Å². The van der Waals surface area contributed by atoms with Gasteiger partial charge in [-0.1, -0.05) is 35.3 Å². The summed E-state index contributed by atoms with van der Waals surface area (Å²) in [5.41, 5.74) is 0.605. The first-order valence-corrected chi connectivity index (χ1v) is 9.05. The van der Waals surface area contributed by atoms with E-state index in [0.29, 0.717) is 28.0 Å². The third-order valence-corrected chi connectivity index (χ3v) is 4.32. The largest absolute Gasteiger partial charge is 0.497 e. The molecule has 0 heterocycles. The van der Waals surface area contributed by atoms with Crippen LogP contribution in [0.4, 0.5) is 10.1 Å². The summed E-state index contributed by atoms with van der Waals surface area (Å²) in [6.07, 6.45) is -0.159. The number of methoxy groups -OCH3 is 1. The Kier molecular flexibility index (Phi) is 6.39. The Morgan fingerprint density at radius 3 is 2.46 bits per heavy atom. The van der Waals surface area contributed by atoms with Gasteiger partial charge in [-0.05, 0) is 48.0 Å². The average Bonchev–Trinajstić information content (AvgIpc) is 2.66. The van der Waals surface area contributed by atoms with Crippen molar-refractivity contribution in [1.82, 2.24) is 0 Å². The van der Waals surface area contributed by atoms with E-state index in [4.69, 9.17) is 32.7 Å². The zero-order chi connectivity index (χ0) is 20.1. The van der Waals surface area contributed by atoms with Gasteiger partial charge in [-0.15, -0.1) is 0 Å². The van der Waals surface area contributed by atoms with E-state index in [-0.39, 0.29) is 17.0 Å². The van der Waals surface area contributed by atoms with E-state index in [9.17, 15) is 9.18 Å². The lowest BCUT2D eigenvalue weighted by Crippen LogP contribution is -2.15. The molecule has 144 valence electrons. The highest BCUT2D eigenvalue weighted by Gasteiger charge is 2.13. The Morgan fingerprint density at radius 2 is 1.71 bits per heavy atom. The lowest BCUT2D eigenvalue weighted by Gasteiger charge is -2.13. The second-order valence-corrected chi connectivity index (χ2v) is 6.76. The van der Waals surface area contributed by atoms with Crippen molar-refractivity contribution in [2.45, 2.75) is 6.42 Å². The maximum Gasteiger partial charge on any atom is 0.229 e. The summed E-state index contributed by atoms with van der Waals surface area (Å²) in [6.45, 7) is 0. The van der Waals surface area contributed by atoms with Gasteiger partial charge in [0.25, 0.3) is 0 Å². The van der Waals surface area contributed by atoms with Crippen molar-refractivity contribution >= 4 is 34.8 Å². The second kappa shape index (κ2) is 8.95. The second-order valence-electron chi connectivity index (χ2n) is 5.88. The van der Waals surface area contributed by atoms with Crippen molar-refractivity contribution in [3.05, 3.63) is 82.1 Å². The third-order valence-electron chi connectivity index (χ3n) is 3.85. The molecule has 0 aromatic heterocycles. The maximum absolute atomic E-state index is 13.9. The highest BCUT2D eigenvalue weighted by molar-refractivity contribution is 6.31. The molecule has 7 heteroatoms. The smallest absolute Gasteiger partial charge is 0.229 e. The SMILES string of the molecule is COc1cccc(Oc2ccc(Cl)cc2NC(=O)Cc2ccc(Cl)cc2F)c1. The summed E-state index contributed by atoms with van der Waals surface area (Å²) in [5.74, 6) is 0.597. The number of nitrogens with one attached hydrogen (secondary N) is 1. The Labute approximate surface area is 171 Å². The molecule has 0 unspecified atom stereocenters. The van der Waals surface area contributed by atoms with Crippen LogP contribution < -0.4 is 14.8 Å². The Balaban J connectivity index is 1.79.